The molecule has 2 unspecified atom stereocenters. The van der Waals surface area contributed by atoms with E-state index in [-0.39, 0.29) is 30.0 Å². The fourth-order valence-electron chi connectivity index (χ4n) is 3.26. The summed E-state index contributed by atoms with van der Waals surface area (Å²) < 4.78 is 37.4. The number of rotatable bonds is 7. The van der Waals surface area contributed by atoms with Crippen LogP contribution in [0.3, 0.4) is 0 Å². The van der Waals surface area contributed by atoms with Gasteiger partial charge in [0, 0.05) is 31.7 Å². The van der Waals surface area contributed by atoms with Crippen molar-refractivity contribution in [2.24, 2.45) is 10.9 Å². The first kappa shape index (κ1) is 22.8. The van der Waals surface area contributed by atoms with Crippen LogP contribution in [0.2, 0.25) is 0 Å². The van der Waals surface area contributed by atoms with Gasteiger partial charge in [0.1, 0.15) is 0 Å². The van der Waals surface area contributed by atoms with Gasteiger partial charge in [-0.2, -0.15) is 13.2 Å². The zero-order valence-electron chi connectivity index (χ0n) is 15.3. The average Bonchev–Trinajstić information content (AvgIpc) is 3.19. The predicted molar refractivity (Wildman–Crippen MR) is 106 cm³/mol. The maximum absolute atomic E-state index is 12.5. The molecule has 0 bridgehead atoms. The highest BCUT2D eigenvalue weighted by atomic mass is 127. The highest BCUT2D eigenvalue weighted by Crippen LogP contribution is 2.34. The van der Waals surface area contributed by atoms with Crippen LogP contribution in [0.4, 0.5) is 13.2 Å². The number of likely N-dealkylation sites (N-methyl/N-ethyl adjacent to an activating group) is 1. The van der Waals surface area contributed by atoms with Gasteiger partial charge in [-0.05, 0) is 46.2 Å². The van der Waals surface area contributed by atoms with E-state index >= 15 is 0 Å². The molecule has 0 amide bonds. The molecule has 2 N–H and O–H groups in total. The lowest BCUT2D eigenvalue weighted by Crippen LogP contribution is -2.46. The van der Waals surface area contributed by atoms with E-state index in [0.29, 0.717) is 38.1 Å². The normalized spacial score (nSPS) is 23.5. The van der Waals surface area contributed by atoms with Crippen LogP contribution in [0.15, 0.2) is 4.99 Å². The Labute approximate surface area is 165 Å². The number of nitrogens with one attached hydrogen (secondary N) is 2. The molecule has 1 aliphatic heterocycles. The molecule has 0 spiro atoms. The summed E-state index contributed by atoms with van der Waals surface area (Å²) in [5, 5.41) is 6.50. The fraction of sp³-hybridized carbons (Fsp3) is 0.938. The molecule has 0 aromatic rings. The van der Waals surface area contributed by atoms with E-state index in [4.69, 9.17) is 0 Å². The minimum Gasteiger partial charge on any atom is -0.357 e. The quantitative estimate of drug-likeness (QED) is 0.335. The Morgan fingerprint density at radius 3 is 2.48 bits per heavy atom. The molecule has 0 radical (unpaired) electrons. The van der Waals surface area contributed by atoms with Crippen LogP contribution >= 0.6 is 24.0 Å². The summed E-state index contributed by atoms with van der Waals surface area (Å²) in [5.41, 5.74) is 0. The lowest BCUT2D eigenvalue weighted by Gasteiger charge is -2.24. The van der Waals surface area contributed by atoms with Crippen molar-refractivity contribution in [2.75, 3.05) is 46.8 Å². The number of likely N-dealkylation sites (tertiary alicyclic amines) is 1. The third-order valence-corrected chi connectivity index (χ3v) is 4.63. The van der Waals surface area contributed by atoms with Crippen molar-refractivity contribution in [3.8, 4) is 0 Å². The van der Waals surface area contributed by atoms with E-state index < -0.39 is 12.7 Å². The number of guanidine groups is 1. The van der Waals surface area contributed by atoms with E-state index in [2.05, 4.69) is 34.6 Å². The summed E-state index contributed by atoms with van der Waals surface area (Å²) in [6, 6.07) is 0.453. The summed E-state index contributed by atoms with van der Waals surface area (Å²) in [6.07, 6.45) is -0.897. The van der Waals surface area contributed by atoms with Crippen molar-refractivity contribution in [2.45, 2.75) is 44.4 Å². The van der Waals surface area contributed by atoms with E-state index in [1.807, 2.05) is 6.92 Å². The van der Waals surface area contributed by atoms with Gasteiger partial charge >= 0.3 is 6.18 Å². The molecule has 2 fully saturated rings. The van der Waals surface area contributed by atoms with Crippen LogP contribution in [-0.2, 0) is 0 Å². The van der Waals surface area contributed by atoms with Crippen LogP contribution in [0.1, 0.15) is 26.2 Å². The van der Waals surface area contributed by atoms with Gasteiger partial charge < -0.3 is 15.5 Å². The predicted octanol–water partition coefficient (Wildman–Crippen LogP) is 2.14. The smallest absolute Gasteiger partial charge is 0.357 e. The van der Waals surface area contributed by atoms with Gasteiger partial charge in [-0.25, -0.2) is 0 Å². The molecule has 5 nitrogen and oxygen atoms in total. The third-order valence-electron chi connectivity index (χ3n) is 4.63. The molecule has 1 aliphatic carbocycles. The van der Waals surface area contributed by atoms with Crippen LogP contribution < -0.4 is 10.6 Å². The second kappa shape index (κ2) is 10.1. The van der Waals surface area contributed by atoms with Gasteiger partial charge in [0.05, 0.1) is 13.1 Å². The minimum absolute atomic E-state index is 0. The van der Waals surface area contributed by atoms with Crippen molar-refractivity contribution in [3.05, 3.63) is 0 Å². The number of aliphatic imine (C=N–C) groups is 1. The van der Waals surface area contributed by atoms with Crippen molar-refractivity contribution in [1.82, 2.24) is 20.4 Å². The Kier molecular flexibility index (Phi) is 9.24. The van der Waals surface area contributed by atoms with Crippen LogP contribution in [-0.4, -0.2) is 80.8 Å². The fourth-order valence-corrected chi connectivity index (χ4v) is 3.26. The summed E-state index contributed by atoms with van der Waals surface area (Å²) in [5.74, 6) is 1.43. The second-order valence-corrected chi connectivity index (χ2v) is 7.07. The maximum Gasteiger partial charge on any atom is 0.401 e. The molecular formula is C16H31F3IN5. The summed E-state index contributed by atoms with van der Waals surface area (Å²) in [4.78, 5) is 8.34. The number of nitrogens with zero attached hydrogens (tertiary/aromatic N) is 3. The summed E-state index contributed by atoms with van der Waals surface area (Å²) >= 11 is 0. The molecule has 0 aromatic carbocycles. The van der Waals surface area contributed by atoms with E-state index in [1.165, 1.54) is 17.7 Å². The molecule has 2 atom stereocenters. The van der Waals surface area contributed by atoms with Gasteiger partial charge in [-0.1, -0.05) is 0 Å². The number of hydrogen-bond donors (Lipinski definition) is 2. The highest BCUT2D eigenvalue weighted by Gasteiger charge is 2.35. The van der Waals surface area contributed by atoms with E-state index in [9.17, 15) is 13.2 Å². The molecule has 2 rings (SSSR count). The summed E-state index contributed by atoms with van der Waals surface area (Å²) in [7, 11) is 4.15. The summed E-state index contributed by atoms with van der Waals surface area (Å²) in [6.45, 7) is 3.49. The van der Waals surface area contributed by atoms with Crippen LogP contribution in [0.25, 0.3) is 0 Å². The molecule has 1 saturated carbocycles. The van der Waals surface area contributed by atoms with Gasteiger partial charge in [-0.3, -0.25) is 9.89 Å². The Morgan fingerprint density at radius 1 is 1.28 bits per heavy atom. The molecule has 0 aromatic heterocycles. The van der Waals surface area contributed by atoms with Crippen LogP contribution in [0, 0.1) is 5.92 Å². The topological polar surface area (TPSA) is 42.9 Å². The number of alkyl halides is 3. The lowest BCUT2D eigenvalue weighted by atomic mass is 10.2. The molecule has 1 heterocycles. The van der Waals surface area contributed by atoms with Crippen molar-refractivity contribution in [3.63, 3.8) is 0 Å². The molecule has 148 valence electrons. The first-order chi connectivity index (χ1) is 11.3. The monoisotopic (exact) mass is 477 g/mol. The molecule has 25 heavy (non-hydrogen) atoms. The van der Waals surface area contributed by atoms with Crippen LogP contribution in [0.5, 0.6) is 0 Å². The number of hydrogen-bond acceptors (Lipinski definition) is 3. The Morgan fingerprint density at radius 2 is 1.96 bits per heavy atom. The Hall–Kier alpha value is -0.290. The zero-order chi connectivity index (χ0) is 17.7. The minimum atomic E-state index is -4.13. The second-order valence-electron chi connectivity index (χ2n) is 7.07. The highest BCUT2D eigenvalue weighted by molar-refractivity contribution is 14.0. The largest absolute Gasteiger partial charge is 0.401 e. The van der Waals surface area contributed by atoms with Gasteiger partial charge in [0.15, 0.2) is 5.96 Å². The van der Waals surface area contributed by atoms with Gasteiger partial charge in [0.2, 0.25) is 0 Å². The SMILES string of the molecule is CCNC(=NCC(C1CC1)N(C)C)NC1CCN(CC(F)(F)F)C1.I. The van der Waals surface area contributed by atoms with E-state index in [0.717, 1.165) is 12.5 Å². The van der Waals surface area contributed by atoms with Crippen molar-refractivity contribution in [1.29, 1.82) is 0 Å². The van der Waals surface area contributed by atoms with Crippen molar-refractivity contribution >= 4 is 29.9 Å². The first-order valence-electron chi connectivity index (χ1n) is 8.79. The van der Waals surface area contributed by atoms with Gasteiger partial charge in [0.25, 0.3) is 0 Å². The molecule has 1 saturated heterocycles. The average molecular weight is 477 g/mol. The Balaban J connectivity index is 0.00000312. The third kappa shape index (κ3) is 8.29. The first-order valence-corrected chi connectivity index (χ1v) is 8.79. The maximum atomic E-state index is 12.5. The molecular weight excluding hydrogens is 446 g/mol. The lowest BCUT2D eigenvalue weighted by molar-refractivity contribution is -0.143. The number of halogens is 4. The molecule has 9 heteroatoms. The Bertz CT molecular complexity index is 424. The van der Waals surface area contributed by atoms with Gasteiger partial charge in [-0.15, -0.1) is 24.0 Å². The standard InChI is InChI=1S/C16H30F3N5.HI/c1-4-20-15(21-9-14(23(2)3)12-5-6-12)22-13-7-8-24(10-13)11-16(17,18)19;/h12-14H,4-11H2,1-3H3,(H2,20,21,22);1H. The van der Waals surface area contributed by atoms with Crippen molar-refractivity contribution < 1.29 is 13.2 Å². The zero-order valence-corrected chi connectivity index (χ0v) is 17.6. The molecule has 2 aliphatic rings. The van der Waals surface area contributed by atoms with E-state index in [1.54, 1.807) is 0 Å².